The topological polar surface area (TPSA) is 48.7 Å². The van der Waals surface area contributed by atoms with Gasteiger partial charge in [-0.2, -0.15) is 0 Å². The Bertz CT molecular complexity index is 1130. The molecule has 3 aromatic rings. The Labute approximate surface area is 189 Å². The monoisotopic (exact) mass is 432 g/mol. The maximum atomic E-state index is 13.1. The molecule has 168 valence electrons. The molecule has 4 heteroatoms. The van der Waals surface area contributed by atoms with Crippen LogP contribution in [0.3, 0.4) is 0 Å². The van der Waals surface area contributed by atoms with E-state index >= 15 is 0 Å². The Morgan fingerprint density at radius 3 is 2.50 bits per heavy atom. The highest BCUT2D eigenvalue weighted by Crippen LogP contribution is 2.44. The molecule has 1 fully saturated rings. The largest absolute Gasteiger partial charge is 0.464 e. The normalized spacial score (nSPS) is 27.8. The summed E-state index contributed by atoms with van der Waals surface area (Å²) >= 11 is 0. The molecule has 0 amide bonds. The van der Waals surface area contributed by atoms with Crippen molar-refractivity contribution in [3.63, 3.8) is 0 Å². The Balaban J connectivity index is 1.56. The first-order valence-corrected chi connectivity index (χ1v) is 11.9. The van der Waals surface area contributed by atoms with Gasteiger partial charge < -0.3 is 13.9 Å². The van der Waals surface area contributed by atoms with Crippen molar-refractivity contribution in [1.82, 2.24) is 0 Å². The number of fused-ring (bicyclic) bond motifs is 3. The lowest BCUT2D eigenvalue weighted by Crippen LogP contribution is -2.41. The van der Waals surface area contributed by atoms with Crippen molar-refractivity contribution in [3.8, 4) is 5.75 Å². The zero-order chi connectivity index (χ0) is 22.2. The molecule has 1 aromatic heterocycles. The van der Waals surface area contributed by atoms with E-state index in [9.17, 15) is 4.79 Å². The first kappa shape index (κ1) is 21.3. The van der Waals surface area contributed by atoms with E-state index in [0.717, 1.165) is 17.4 Å². The molecular weight excluding hydrogens is 400 g/mol. The van der Waals surface area contributed by atoms with Crippen LogP contribution in [-0.4, -0.2) is 12.4 Å². The fraction of sp³-hybridized carbons (Fsp3) is 0.464. The van der Waals surface area contributed by atoms with E-state index in [0.29, 0.717) is 41.1 Å². The van der Waals surface area contributed by atoms with E-state index in [1.165, 1.54) is 12.8 Å². The van der Waals surface area contributed by atoms with Gasteiger partial charge in [0.1, 0.15) is 11.3 Å². The van der Waals surface area contributed by atoms with Crippen LogP contribution < -0.4 is 10.4 Å². The minimum atomic E-state index is -0.394. The van der Waals surface area contributed by atoms with E-state index < -0.39 is 6.29 Å². The Kier molecular flexibility index (Phi) is 5.81. The van der Waals surface area contributed by atoms with Crippen molar-refractivity contribution in [2.45, 2.75) is 64.8 Å². The lowest BCUT2D eigenvalue weighted by molar-refractivity contribution is -0.163. The molecule has 0 radical (unpaired) electrons. The maximum absolute atomic E-state index is 13.1. The van der Waals surface area contributed by atoms with Gasteiger partial charge in [-0.1, -0.05) is 69.7 Å². The van der Waals surface area contributed by atoms with Crippen LogP contribution in [0.5, 0.6) is 5.75 Å². The molecule has 1 aliphatic heterocycles. The van der Waals surface area contributed by atoms with E-state index in [-0.39, 0.29) is 17.6 Å². The summed E-state index contributed by atoms with van der Waals surface area (Å²) in [5.74, 6) is 2.25. The van der Waals surface area contributed by atoms with E-state index in [2.05, 4.69) is 32.9 Å². The predicted octanol–water partition coefficient (Wildman–Crippen LogP) is 6.51. The number of rotatable bonds is 4. The molecule has 5 atom stereocenters. The standard InChI is InChI=1S/C28H32O4/c1-17(2)20-14-13-18(3)15-24(20)30-25-16-22(19-9-5-4-6-10-19)26-27(32-25)21-11-7-8-12-23(21)31-28(26)29/h4-12,17-18,20,22,24-25H,13-16H2,1-3H3/t18?,20?,22-,24?,25+/m0/s1. The quantitative estimate of drug-likeness (QED) is 0.441. The minimum absolute atomic E-state index is 0.121. The Hall–Kier alpha value is -2.59. The zero-order valence-corrected chi connectivity index (χ0v) is 19.1. The first-order chi connectivity index (χ1) is 15.5. The van der Waals surface area contributed by atoms with Crippen molar-refractivity contribution < 1.29 is 13.9 Å². The lowest BCUT2D eigenvalue weighted by atomic mass is 9.75. The average molecular weight is 433 g/mol. The fourth-order valence-corrected chi connectivity index (χ4v) is 5.59. The smallest absolute Gasteiger partial charge is 0.343 e. The molecule has 1 saturated carbocycles. The van der Waals surface area contributed by atoms with Gasteiger partial charge in [0.05, 0.1) is 17.1 Å². The number of para-hydroxylation sites is 1. The fourth-order valence-electron chi connectivity index (χ4n) is 5.59. The predicted molar refractivity (Wildman–Crippen MR) is 126 cm³/mol. The summed E-state index contributed by atoms with van der Waals surface area (Å²) < 4.78 is 18.9. The van der Waals surface area contributed by atoms with Gasteiger partial charge >= 0.3 is 5.63 Å². The molecule has 0 spiro atoms. The van der Waals surface area contributed by atoms with Crippen LogP contribution >= 0.6 is 0 Å². The molecule has 0 N–H and O–H groups in total. The van der Waals surface area contributed by atoms with Crippen LogP contribution in [0.4, 0.5) is 0 Å². The van der Waals surface area contributed by atoms with Crippen LogP contribution in [0.2, 0.25) is 0 Å². The summed E-state index contributed by atoms with van der Waals surface area (Å²) in [5.41, 5.74) is 1.92. The van der Waals surface area contributed by atoms with E-state index in [1.54, 1.807) is 0 Å². The van der Waals surface area contributed by atoms with E-state index in [4.69, 9.17) is 13.9 Å². The Morgan fingerprint density at radius 2 is 1.72 bits per heavy atom. The molecular formula is C28H32O4. The molecule has 0 bridgehead atoms. The second-order valence-electron chi connectivity index (χ2n) is 9.88. The summed E-state index contributed by atoms with van der Waals surface area (Å²) in [6, 6.07) is 17.8. The third-order valence-corrected chi connectivity index (χ3v) is 7.31. The third kappa shape index (κ3) is 3.97. The van der Waals surface area contributed by atoms with E-state index in [1.807, 2.05) is 42.5 Å². The summed E-state index contributed by atoms with van der Waals surface area (Å²) in [6.07, 6.45) is 3.90. The van der Waals surface area contributed by atoms with Gasteiger partial charge in [-0.25, -0.2) is 4.79 Å². The number of hydrogen-bond donors (Lipinski definition) is 0. The molecule has 0 saturated heterocycles. The maximum Gasteiger partial charge on any atom is 0.343 e. The van der Waals surface area contributed by atoms with Gasteiger partial charge in [-0.05, 0) is 48.3 Å². The van der Waals surface area contributed by atoms with Gasteiger partial charge in [0.25, 0.3) is 0 Å². The van der Waals surface area contributed by atoms with Gasteiger partial charge in [0.15, 0.2) is 0 Å². The number of ether oxygens (including phenoxy) is 2. The van der Waals surface area contributed by atoms with Crippen LogP contribution in [-0.2, 0) is 4.74 Å². The number of benzene rings is 2. The summed E-state index contributed by atoms with van der Waals surface area (Å²) in [5, 5.41) is 0.828. The van der Waals surface area contributed by atoms with Crippen molar-refractivity contribution in [2.75, 3.05) is 0 Å². The zero-order valence-electron chi connectivity index (χ0n) is 19.1. The van der Waals surface area contributed by atoms with Crippen molar-refractivity contribution in [2.24, 2.45) is 17.8 Å². The van der Waals surface area contributed by atoms with Gasteiger partial charge in [0.2, 0.25) is 6.29 Å². The van der Waals surface area contributed by atoms with Crippen LogP contribution in [0.25, 0.3) is 11.0 Å². The molecule has 1 aliphatic carbocycles. The van der Waals surface area contributed by atoms with Crippen LogP contribution in [0.15, 0.2) is 63.8 Å². The first-order valence-electron chi connectivity index (χ1n) is 11.9. The lowest BCUT2D eigenvalue weighted by Gasteiger charge is -2.41. The van der Waals surface area contributed by atoms with Crippen molar-refractivity contribution in [3.05, 3.63) is 76.1 Å². The van der Waals surface area contributed by atoms with Crippen LogP contribution in [0.1, 0.15) is 63.5 Å². The second-order valence-corrected chi connectivity index (χ2v) is 9.88. The molecule has 2 aromatic carbocycles. The highest BCUT2D eigenvalue weighted by Gasteiger charge is 2.39. The molecule has 5 rings (SSSR count). The number of hydrogen-bond acceptors (Lipinski definition) is 4. The van der Waals surface area contributed by atoms with Crippen LogP contribution in [0, 0.1) is 17.8 Å². The van der Waals surface area contributed by atoms with Crippen molar-refractivity contribution in [1.29, 1.82) is 0 Å². The molecule has 4 nitrogen and oxygen atoms in total. The molecule has 3 unspecified atom stereocenters. The molecule has 32 heavy (non-hydrogen) atoms. The third-order valence-electron chi connectivity index (χ3n) is 7.31. The minimum Gasteiger partial charge on any atom is -0.464 e. The van der Waals surface area contributed by atoms with Crippen molar-refractivity contribution >= 4 is 11.0 Å². The summed E-state index contributed by atoms with van der Waals surface area (Å²) in [4.78, 5) is 13.1. The van der Waals surface area contributed by atoms with Gasteiger partial charge in [0, 0.05) is 12.3 Å². The highest BCUT2D eigenvalue weighted by atomic mass is 16.7. The SMILES string of the molecule is CC1CCC(C(C)C)C(O[C@H]2C[C@@H](c3ccccc3)c3c(c4ccccc4oc3=O)O2)C1. The van der Waals surface area contributed by atoms with Gasteiger partial charge in [-0.15, -0.1) is 0 Å². The summed E-state index contributed by atoms with van der Waals surface area (Å²) in [6.45, 7) is 6.90. The summed E-state index contributed by atoms with van der Waals surface area (Å²) in [7, 11) is 0. The second kappa shape index (κ2) is 8.74. The Morgan fingerprint density at radius 1 is 0.969 bits per heavy atom. The van der Waals surface area contributed by atoms with Gasteiger partial charge in [-0.3, -0.25) is 0 Å². The average Bonchev–Trinajstić information content (AvgIpc) is 2.79. The molecule has 2 aliphatic rings. The highest BCUT2D eigenvalue weighted by molar-refractivity contribution is 5.85. The molecule has 2 heterocycles.